The Kier molecular flexibility index (Phi) is 4.18. The number of hydrogen-bond acceptors (Lipinski definition) is 1. The summed E-state index contributed by atoms with van der Waals surface area (Å²) in [5.74, 6) is 1.52. The van der Waals surface area contributed by atoms with Gasteiger partial charge in [0.05, 0.1) is 12.1 Å². The molecule has 1 rings (SSSR count). The number of terminal acetylenes is 1. The molecule has 2 nitrogen and oxygen atoms in total. The van der Waals surface area contributed by atoms with Crippen molar-refractivity contribution in [3.8, 4) is 12.3 Å². The Morgan fingerprint density at radius 2 is 2.12 bits per heavy atom. The van der Waals surface area contributed by atoms with E-state index in [-0.39, 0.29) is 16.6 Å². The summed E-state index contributed by atoms with van der Waals surface area (Å²) in [7, 11) is 0. The average molecular weight is 306 g/mol. The van der Waals surface area contributed by atoms with Crippen LogP contribution in [0.15, 0.2) is 22.7 Å². The number of hydrogen-bond donors (Lipinski definition) is 1. The maximum Gasteiger partial charge on any atom is 0.417 e. The zero-order valence-electron chi connectivity index (χ0n) is 8.44. The van der Waals surface area contributed by atoms with Crippen molar-refractivity contribution in [2.45, 2.75) is 6.18 Å². The first-order valence-corrected chi connectivity index (χ1v) is 5.24. The number of benzene rings is 1. The summed E-state index contributed by atoms with van der Waals surface area (Å²) in [6.07, 6.45) is 0.413. The molecule has 0 spiro atoms. The molecule has 6 heteroatoms. The van der Waals surface area contributed by atoms with Gasteiger partial charge in [-0.2, -0.15) is 13.2 Å². The number of nitrogens with one attached hydrogen (secondary N) is 1. The minimum absolute atomic E-state index is 0.0315. The minimum atomic E-state index is -4.51. The Bertz CT molecular complexity index is 477. The second-order valence-corrected chi connectivity index (χ2v) is 3.93. The van der Waals surface area contributed by atoms with Gasteiger partial charge in [0.2, 0.25) is 0 Å². The molecule has 0 aromatic heterocycles. The lowest BCUT2D eigenvalue weighted by Gasteiger charge is -2.10. The zero-order chi connectivity index (χ0) is 13.1. The summed E-state index contributed by atoms with van der Waals surface area (Å²) < 4.78 is 37.5. The lowest BCUT2D eigenvalue weighted by Crippen LogP contribution is -2.24. The Hall–Kier alpha value is -1.48. The molecule has 0 bridgehead atoms. The maximum atomic E-state index is 12.6. The third-order valence-electron chi connectivity index (χ3n) is 1.88. The van der Waals surface area contributed by atoms with Gasteiger partial charge in [-0.05, 0) is 18.2 Å². The van der Waals surface area contributed by atoms with Crippen LogP contribution in [0.1, 0.15) is 15.9 Å². The highest BCUT2D eigenvalue weighted by Crippen LogP contribution is 2.35. The van der Waals surface area contributed by atoms with Crippen LogP contribution >= 0.6 is 15.9 Å². The van der Waals surface area contributed by atoms with Crippen LogP contribution in [0.3, 0.4) is 0 Å². The van der Waals surface area contributed by atoms with Crippen molar-refractivity contribution in [2.24, 2.45) is 0 Å². The van der Waals surface area contributed by atoms with Gasteiger partial charge in [0.1, 0.15) is 0 Å². The first-order valence-electron chi connectivity index (χ1n) is 4.44. The molecule has 1 N–H and O–H groups in total. The van der Waals surface area contributed by atoms with E-state index in [4.69, 9.17) is 6.42 Å². The maximum absolute atomic E-state index is 12.6. The Labute approximate surface area is 104 Å². The molecule has 0 unspecified atom stereocenters. The fraction of sp³-hybridized carbons (Fsp3) is 0.182. The van der Waals surface area contributed by atoms with Crippen molar-refractivity contribution in [3.05, 3.63) is 33.8 Å². The number of carbonyl (C=O) groups is 1. The fourth-order valence-electron chi connectivity index (χ4n) is 1.12. The molecule has 1 aromatic carbocycles. The largest absolute Gasteiger partial charge is 0.417 e. The van der Waals surface area contributed by atoms with Crippen LogP contribution in [-0.2, 0) is 6.18 Å². The average Bonchev–Trinajstić information content (AvgIpc) is 2.25. The summed E-state index contributed by atoms with van der Waals surface area (Å²) in [6, 6.07) is 3.23. The predicted molar refractivity (Wildman–Crippen MR) is 60.3 cm³/mol. The van der Waals surface area contributed by atoms with E-state index >= 15 is 0 Å². The van der Waals surface area contributed by atoms with E-state index in [2.05, 4.69) is 27.2 Å². The number of amides is 1. The van der Waals surface area contributed by atoms with Crippen LogP contribution in [0.5, 0.6) is 0 Å². The van der Waals surface area contributed by atoms with Crippen molar-refractivity contribution < 1.29 is 18.0 Å². The second kappa shape index (κ2) is 5.23. The summed E-state index contributed by atoms with van der Waals surface area (Å²) in [5, 5.41) is 2.29. The molecule has 1 amide bonds. The second-order valence-electron chi connectivity index (χ2n) is 3.08. The molecule has 1 aromatic rings. The minimum Gasteiger partial charge on any atom is -0.341 e. The van der Waals surface area contributed by atoms with Crippen LogP contribution in [0.4, 0.5) is 13.2 Å². The molecule has 0 aliphatic rings. The van der Waals surface area contributed by atoms with E-state index in [9.17, 15) is 18.0 Å². The van der Waals surface area contributed by atoms with Crippen LogP contribution < -0.4 is 5.32 Å². The number of rotatable bonds is 2. The molecule has 0 atom stereocenters. The number of alkyl halides is 3. The highest BCUT2D eigenvalue weighted by molar-refractivity contribution is 9.10. The fourth-order valence-corrected chi connectivity index (χ4v) is 1.59. The quantitative estimate of drug-likeness (QED) is 0.837. The highest BCUT2D eigenvalue weighted by atomic mass is 79.9. The SMILES string of the molecule is C#CCNC(=O)c1ccc(Br)c(C(F)(F)F)c1. The summed E-state index contributed by atoms with van der Waals surface area (Å²) >= 11 is 2.78. The van der Waals surface area contributed by atoms with Gasteiger partial charge in [0.15, 0.2) is 0 Å². The van der Waals surface area contributed by atoms with Crippen molar-refractivity contribution >= 4 is 21.8 Å². The van der Waals surface area contributed by atoms with E-state index in [1.165, 1.54) is 12.1 Å². The summed E-state index contributed by atoms with van der Waals surface area (Å²) in [4.78, 5) is 11.4. The molecular formula is C11H7BrF3NO. The van der Waals surface area contributed by atoms with Crippen molar-refractivity contribution in [1.82, 2.24) is 5.32 Å². The van der Waals surface area contributed by atoms with E-state index in [1.807, 2.05) is 0 Å². The Balaban J connectivity index is 3.05. The van der Waals surface area contributed by atoms with E-state index in [1.54, 1.807) is 0 Å². The van der Waals surface area contributed by atoms with Crippen molar-refractivity contribution in [2.75, 3.05) is 6.54 Å². The molecular weight excluding hydrogens is 299 g/mol. The van der Waals surface area contributed by atoms with Gasteiger partial charge < -0.3 is 5.32 Å². The summed E-state index contributed by atoms with van der Waals surface area (Å²) in [5.41, 5.74) is -0.985. The molecule has 17 heavy (non-hydrogen) atoms. The number of carbonyl (C=O) groups excluding carboxylic acids is 1. The number of halogens is 4. The third kappa shape index (κ3) is 3.49. The van der Waals surface area contributed by atoms with Gasteiger partial charge in [0.25, 0.3) is 5.91 Å². The van der Waals surface area contributed by atoms with Gasteiger partial charge in [-0.3, -0.25) is 4.79 Å². The standard InChI is InChI=1S/C11H7BrF3NO/c1-2-5-16-10(17)7-3-4-9(12)8(6-7)11(13,14)15/h1,3-4,6H,5H2,(H,16,17). The van der Waals surface area contributed by atoms with Crippen molar-refractivity contribution in [3.63, 3.8) is 0 Å². The van der Waals surface area contributed by atoms with Crippen LogP contribution in [0.2, 0.25) is 0 Å². The topological polar surface area (TPSA) is 29.1 Å². The molecule has 0 fully saturated rings. The molecule has 0 saturated carbocycles. The van der Waals surface area contributed by atoms with E-state index in [0.717, 1.165) is 6.07 Å². The zero-order valence-corrected chi connectivity index (χ0v) is 10.0. The third-order valence-corrected chi connectivity index (χ3v) is 2.58. The highest BCUT2D eigenvalue weighted by Gasteiger charge is 2.33. The van der Waals surface area contributed by atoms with Crippen LogP contribution in [0, 0.1) is 12.3 Å². The van der Waals surface area contributed by atoms with Gasteiger partial charge in [-0.1, -0.05) is 21.9 Å². The van der Waals surface area contributed by atoms with Gasteiger partial charge in [-0.15, -0.1) is 6.42 Å². The Morgan fingerprint density at radius 3 is 2.65 bits per heavy atom. The van der Waals surface area contributed by atoms with E-state index < -0.39 is 17.6 Å². The van der Waals surface area contributed by atoms with Gasteiger partial charge in [0, 0.05) is 10.0 Å². The monoisotopic (exact) mass is 305 g/mol. The molecule has 0 heterocycles. The van der Waals surface area contributed by atoms with Gasteiger partial charge >= 0.3 is 6.18 Å². The molecule has 90 valence electrons. The first kappa shape index (κ1) is 13.6. The van der Waals surface area contributed by atoms with E-state index in [0.29, 0.717) is 0 Å². The molecule has 0 saturated heterocycles. The predicted octanol–water partition coefficient (Wildman–Crippen LogP) is 2.83. The van der Waals surface area contributed by atoms with Gasteiger partial charge in [-0.25, -0.2) is 0 Å². The molecule has 0 aliphatic heterocycles. The lowest BCUT2D eigenvalue weighted by atomic mass is 10.1. The molecule has 0 aliphatic carbocycles. The smallest absolute Gasteiger partial charge is 0.341 e. The van der Waals surface area contributed by atoms with Crippen LogP contribution in [-0.4, -0.2) is 12.5 Å². The normalized spacial score (nSPS) is 10.8. The Morgan fingerprint density at radius 1 is 1.47 bits per heavy atom. The molecule has 0 radical (unpaired) electrons. The van der Waals surface area contributed by atoms with Crippen molar-refractivity contribution in [1.29, 1.82) is 0 Å². The lowest BCUT2D eigenvalue weighted by molar-refractivity contribution is -0.138. The summed E-state index contributed by atoms with van der Waals surface area (Å²) in [6.45, 7) is -0.0315. The van der Waals surface area contributed by atoms with Crippen LogP contribution in [0.25, 0.3) is 0 Å². The first-order chi connectivity index (χ1) is 7.86.